The lowest BCUT2D eigenvalue weighted by atomic mass is 10.1. The SMILES string of the molecule is Cc1cccc(C)c1OCCCN1CCCC1CO. The Balaban J connectivity index is 1.75. The highest BCUT2D eigenvalue weighted by Crippen LogP contribution is 2.22. The van der Waals surface area contributed by atoms with E-state index in [9.17, 15) is 5.11 Å². The first kappa shape index (κ1) is 14.4. The summed E-state index contributed by atoms with van der Waals surface area (Å²) in [5.41, 5.74) is 2.41. The minimum absolute atomic E-state index is 0.289. The number of aryl methyl sites for hydroxylation is 2. The maximum absolute atomic E-state index is 9.27. The Hall–Kier alpha value is -1.06. The van der Waals surface area contributed by atoms with E-state index in [1.165, 1.54) is 17.5 Å². The summed E-state index contributed by atoms with van der Waals surface area (Å²) in [6, 6.07) is 6.61. The van der Waals surface area contributed by atoms with Crippen molar-refractivity contribution < 1.29 is 9.84 Å². The van der Waals surface area contributed by atoms with Crippen molar-refractivity contribution in [1.29, 1.82) is 0 Å². The molecule has 2 rings (SSSR count). The number of nitrogens with zero attached hydrogens (tertiary/aromatic N) is 1. The normalized spacial score (nSPS) is 19.8. The number of ether oxygens (including phenoxy) is 1. The van der Waals surface area contributed by atoms with Gasteiger partial charge in [-0.05, 0) is 50.8 Å². The maximum atomic E-state index is 9.27. The summed E-state index contributed by atoms with van der Waals surface area (Å²) >= 11 is 0. The van der Waals surface area contributed by atoms with Crippen molar-refractivity contribution in [1.82, 2.24) is 4.90 Å². The molecule has 1 unspecified atom stereocenters. The molecule has 0 aliphatic carbocycles. The van der Waals surface area contributed by atoms with Gasteiger partial charge in [-0.1, -0.05) is 18.2 Å². The number of likely N-dealkylation sites (tertiary alicyclic amines) is 1. The number of para-hydroxylation sites is 1. The van der Waals surface area contributed by atoms with Crippen LogP contribution < -0.4 is 4.74 Å². The number of benzene rings is 1. The Morgan fingerprint density at radius 1 is 1.32 bits per heavy atom. The van der Waals surface area contributed by atoms with Crippen molar-refractivity contribution in [2.24, 2.45) is 0 Å². The molecule has 0 amide bonds. The second kappa shape index (κ2) is 6.92. The molecule has 1 heterocycles. The molecule has 3 nitrogen and oxygen atoms in total. The number of rotatable bonds is 6. The first-order valence-electron chi connectivity index (χ1n) is 7.26. The van der Waals surface area contributed by atoms with E-state index >= 15 is 0 Å². The molecule has 1 saturated heterocycles. The van der Waals surface area contributed by atoms with Gasteiger partial charge >= 0.3 is 0 Å². The van der Waals surface area contributed by atoms with Crippen LogP contribution in [-0.2, 0) is 0 Å². The van der Waals surface area contributed by atoms with Gasteiger partial charge in [0.15, 0.2) is 0 Å². The zero-order valence-electron chi connectivity index (χ0n) is 12.1. The van der Waals surface area contributed by atoms with E-state index in [4.69, 9.17) is 4.74 Å². The van der Waals surface area contributed by atoms with Crippen molar-refractivity contribution in [3.05, 3.63) is 29.3 Å². The molecule has 19 heavy (non-hydrogen) atoms. The smallest absolute Gasteiger partial charge is 0.125 e. The maximum Gasteiger partial charge on any atom is 0.125 e. The van der Waals surface area contributed by atoms with Crippen LogP contribution in [0.15, 0.2) is 18.2 Å². The van der Waals surface area contributed by atoms with Crippen LogP contribution in [0, 0.1) is 13.8 Å². The van der Waals surface area contributed by atoms with E-state index in [2.05, 4.69) is 36.9 Å². The number of hydrogen-bond donors (Lipinski definition) is 1. The van der Waals surface area contributed by atoms with Gasteiger partial charge in [0, 0.05) is 12.6 Å². The Morgan fingerprint density at radius 3 is 2.74 bits per heavy atom. The highest BCUT2D eigenvalue weighted by molar-refractivity contribution is 5.39. The highest BCUT2D eigenvalue weighted by atomic mass is 16.5. The van der Waals surface area contributed by atoms with Gasteiger partial charge in [0.25, 0.3) is 0 Å². The van der Waals surface area contributed by atoms with Gasteiger partial charge in [-0.3, -0.25) is 4.90 Å². The zero-order chi connectivity index (χ0) is 13.7. The van der Waals surface area contributed by atoms with E-state index in [1.54, 1.807) is 0 Å². The third-order valence-electron chi connectivity index (χ3n) is 3.95. The number of aliphatic hydroxyl groups is 1. The summed E-state index contributed by atoms with van der Waals surface area (Å²) in [5, 5.41) is 9.27. The summed E-state index contributed by atoms with van der Waals surface area (Å²) in [6.45, 7) is 7.36. The van der Waals surface area contributed by atoms with Crippen LogP contribution in [0.3, 0.4) is 0 Å². The van der Waals surface area contributed by atoms with Crippen molar-refractivity contribution >= 4 is 0 Å². The predicted molar refractivity (Wildman–Crippen MR) is 77.7 cm³/mol. The van der Waals surface area contributed by atoms with Crippen LogP contribution in [0.5, 0.6) is 5.75 Å². The molecule has 0 saturated carbocycles. The second-order valence-corrected chi connectivity index (χ2v) is 5.44. The summed E-state index contributed by atoms with van der Waals surface area (Å²) in [7, 11) is 0. The fourth-order valence-corrected chi connectivity index (χ4v) is 2.86. The first-order valence-corrected chi connectivity index (χ1v) is 7.26. The van der Waals surface area contributed by atoms with E-state index in [0.717, 1.165) is 38.3 Å². The summed E-state index contributed by atoms with van der Waals surface area (Å²) in [4.78, 5) is 2.38. The van der Waals surface area contributed by atoms with Gasteiger partial charge in [0.05, 0.1) is 13.2 Å². The summed E-state index contributed by atoms with van der Waals surface area (Å²) in [6.07, 6.45) is 3.36. The van der Waals surface area contributed by atoms with Crippen molar-refractivity contribution in [3.63, 3.8) is 0 Å². The van der Waals surface area contributed by atoms with Crippen LogP contribution in [0.2, 0.25) is 0 Å². The minimum Gasteiger partial charge on any atom is -0.493 e. The third kappa shape index (κ3) is 3.71. The van der Waals surface area contributed by atoms with Gasteiger partial charge in [-0.15, -0.1) is 0 Å². The van der Waals surface area contributed by atoms with Gasteiger partial charge in [-0.25, -0.2) is 0 Å². The molecule has 1 atom stereocenters. The second-order valence-electron chi connectivity index (χ2n) is 5.44. The summed E-state index contributed by atoms with van der Waals surface area (Å²) in [5.74, 6) is 1.03. The number of hydrogen-bond acceptors (Lipinski definition) is 3. The molecule has 106 valence electrons. The predicted octanol–water partition coefficient (Wildman–Crippen LogP) is 2.53. The molecular weight excluding hydrogens is 238 g/mol. The lowest BCUT2D eigenvalue weighted by Gasteiger charge is -2.22. The lowest BCUT2D eigenvalue weighted by Crippen LogP contribution is -2.33. The fourth-order valence-electron chi connectivity index (χ4n) is 2.86. The average molecular weight is 263 g/mol. The number of aliphatic hydroxyl groups excluding tert-OH is 1. The van der Waals surface area contributed by atoms with Crippen molar-refractivity contribution in [3.8, 4) is 5.75 Å². The van der Waals surface area contributed by atoms with E-state index in [0.29, 0.717) is 6.04 Å². The standard InChI is InChI=1S/C16H25NO2/c1-13-6-3-7-14(2)16(13)19-11-5-10-17-9-4-8-15(17)12-18/h3,6-7,15,18H,4-5,8-12H2,1-2H3. The van der Waals surface area contributed by atoms with Crippen LogP contribution >= 0.6 is 0 Å². The highest BCUT2D eigenvalue weighted by Gasteiger charge is 2.22. The van der Waals surface area contributed by atoms with E-state index in [1.807, 2.05) is 0 Å². The lowest BCUT2D eigenvalue weighted by molar-refractivity contribution is 0.150. The Labute approximate surface area is 116 Å². The van der Waals surface area contributed by atoms with Crippen LogP contribution in [0.4, 0.5) is 0 Å². The third-order valence-corrected chi connectivity index (χ3v) is 3.95. The Morgan fingerprint density at radius 2 is 2.05 bits per heavy atom. The topological polar surface area (TPSA) is 32.7 Å². The first-order chi connectivity index (χ1) is 9.22. The van der Waals surface area contributed by atoms with Crippen LogP contribution in [-0.4, -0.2) is 42.4 Å². The van der Waals surface area contributed by atoms with Crippen molar-refractivity contribution in [2.75, 3.05) is 26.3 Å². The zero-order valence-corrected chi connectivity index (χ0v) is 12.1. The van der Waals surface area contributed by atoms with E-state index in [-0.39, 0.29) is 6.61 Å². The molecule has 1 N–H and O–H groups in total. The average Bonchev–Trinajstić information content (AvgIpc) is 2.84. The van der Waals surface area contributed by atoms with Crippen molar-refractivity contribution in [2.45, 2.75) is 39.2 Å². The van der Waals surface area contributed by atoms with Gasteiger partial charge in [0.1, 0.15) is 5.75 Å². The Bertz CT molecular complexity index is 385. The molecule has 0 aromatic heterocycles. The summed E-state index contributed by atoms with van der Waals surface area (Å²) < 4.78 is 5.91. The van der Waals surface area contributed by atoms with Gasteiger partial charge in [-0.2, -0.15) is 0 Å². The van der Waals surface area contributed by atoms with E-state index < -0.39 is 0 Å². The molecule has 1 fully saturated rings. The quantitative estimate of drug-likeness (QED) is 0.801. The van der Waals surface area contributed by atoms with Gasteiger partial charge in [0.2, 0.25) is 0 Å². The minimum atomic E-state index is 0.289. The Kier molecular flexibility index (Phi) is 5.23. The molecule has 0 radical (unpaired) electrons. The largest absolute Gasteiger partial charge is 0.493 e. The molecule has 1 aromatic carbocycles. The molecule has 0 bridgehead atoms. The van der Waals surface area contributed by atoms with Gasteiger partial charge < -0.3 is 9.84 Å². The monoisotopic (exact) mass is 263 g/mol. The molecule has 1 aliphatic rings. The molecule has 3 heteroatoms. The van der Waals surface area contributed by atoms with Crippen LogP contribution in [0.1, 0.15) is 30.4 Å². The fraction of sp³-hybridized carbons (Fsp3) is 0.625. The molecule has 1 aliphatic heterocycles. The molecule has 0 spiro atoms. The molecular formula is C16H25NO2. The molecule has 1 aromatic rings. The van der Waals surface area contributed by atoms with Crippen LogP contribution in [0.25, 0.3) is 0 Å².